The summed E-state index contributed by atoms with van der Waals surface area (Å²) >= 11 is 0. The highest BCUT2D eigenvalue weighted by atomic mass is 16.7. The van der Waals surface area contributed by atoms with Gasteiger partial charge in [0.2, 0.25) is 6.29 Å². The van der Waals surface area contributed by atoms with Crippen molar-refractivity contribution in [2.45, 2.75) is 33.5 Å². The molecule has 0 fully saturated rings. The van der Waals surface area contributed by atoms with Crippen LogP contribution in [0.4, 0.5) is 0 Å². The van der Waals surface area contributed by atoms with Gasteiger partial charge in [-0.25, -0.2) is 0 Å². The SMILES string of the molecule is CCCOC(C=COC(C)=O)OC(C)=O. The fourth-order valence-corrected chi connectivity index (χ4v) is 0.726. The lowest BCUT2D eigenvalue weighted by Crippen LogP contribution is -2.18. The Hall–Kier alpha value is -1.36. The molecule has 0 amide bonds. The minimum absolute atomic E-state index is 0.441. The van der Waals surface area contributed by atoms with Gasteiger partial charge in [-0.05, 0) is 6.42 Å². The molecular weight excluding hydrogens is 200 g/mol. The molecule has 0 aromatic carbocycles. The first-order valence-corrected chi connectivity index (χ1v) is 4.69. The van der Waals surface area contributed by atoms with Gasteiger partial charge in [-0.3, -0.25) is 9.59 Å². The number of hydrogen-bond donors (Lipinski definition) is 0. The lowest BCUT2D eigenvalue weighted by atomic mass is 10.5. The summed E-state index contributed by atoms with van der Waals surface area (Å²) in [7, 11) is 0. The molecular formula is C10H16O5. The highest BCUT2D eigenvalue weighted by Crippen LogP contribution is 1.99. The van der Waals surface area contributed by atoms with Crippen LogP contribution in [0.1, 0.15) is 27.2 Å². The summed E-state index contributed by atoms with van der Waals surface area (Å²) in [5.41, 5.74) is 0. The maximum Gasteiger partial charge on any atom is 0.307 e. The van der Waals surface area contributed by atoms with Crippen LogP contribution in [0.5, 0.6) is 0 Å². The van der Waals surface area contributed by atoms with E-state index < -0.39 is 18.2 Å². The fraction of sp³-hybridized carbons (Fsp3) is 0.600. The van der Waals surface area contributed by atoms with Gasteiger partial charge in [-0.1, -0.05) is 6.92 Å². The van der Waals surface area contributed by atoms with Crippen molar-refractivity contribution in [1.82, 2.24) is 0 Å². The summed E-state index contributed by atoms with van der Waals surface area (Å²) in [6.45, 7) is 4.95. The molecule has 0 saturated heterocycles. The molecule has 5 heteroatoms. The summed E-state index contributed by atoms with van der Waals surface area (Å²) in [6, 6.07) is 0. The first-order valence-electron chi connectivity index (χ1n) is 4.69. The summed E-state index contributed by atoms with van der Waals surface area (Å²) in [5, 5.41) is 0. The average Bonchev–Trinajstić information content (AvgIpc) is 2.12. The first kappa shape index (κ1) is 13.6. The maximum atomic E-state index is 10.7. The van der Waals surface area contributed by atoms with Gasteiger partial charge >= 0.3 is 11.9 Å². The Balaban J connectivity index is 4.04. The highest BCUT2D eigenvalue weighted by molar-refractivity contribution is 5.67. The zero-order valence-corrected chi connectivity index (χ0v) is 9.19. The number of carbonyl (C=O) groups excluding carboxylic acids is 2. The van der Waals surface area contributed by atoms with Gasteiger partial charge < -0.3 is 14.2 Å². The lowest BCUT2D eigenvalue weighted by Gasteiger charge is -2.12. The van der Waals surface area contributed by atoms with Gasteiger partial charge in [0, 0.05) is 19.9 Å². The van der Waals surface area contributed by atoms with E-state index in [9.17, 15) is 9.59 Å². The third-order valence-electron chi connectivity index (χ3n) is 1.24. The van der Waals surface area contributed by atoms with E-state index >= 15 is 0 Å². The van der Waals surface area contributed by atoms with Crippen LogP contribution in [0.15, 0.2) is 12.3 Å². The molecule has 0 spiro atoms. The molecule has 1 unspecified atom stereocenters. The molecule has 0 aromatic rings. The Kier molecular flexibility index (Phi) is 7.27. The van der Waals surface area contributed by atoms with Gasteiger partial charge in [0.05, 0.1) is 12.9 Å². The maximum absolute atomic E-state index is 10.7. The zero-order valence-electron chi connectivity index (χ0n) is 9.19. The van der Waals surface area contributed by atoms with Gasteiger partial charge in [0.1, 0.15) is 0 Å². The Morgan fingerprint density at radius 1 is 1.27 bits per heavy atom. The molecule has 0 aliphatic carbocycles. The molecule has 0 bridgehead atoms. The standard InChI is InChI=1S/C10H16O5/c1-4-6-14-10(15-9(3)12)5-7-13-8(2)11/h5,7,10H,4,6H2,1-3H3. The van der Waals surface area contributed by atoms with Gasteiger partial charge in [0.15, 0.2) is 0 Å². The van der Waals surface area contributed by atoms with Crippen molar-refractivity contribution in [3.05, 3.63) is 12.3 Å². The van der Waals surface area contributed by atoms with Crippen LogP contribution in [0.3, 0.4) is 0 Å². The molecule has 0 aliphatic heterocycles. The summed E-state index contributed by atoms with van der Waals surface area (Å²) < 4.78 is 14.5. The number of ether oxygens (including phenoxy) is 3. The Labute approximate surface area is 89.0 Å². The molecule has 1 atom stereocenters. The quantitative estimate of drug-likeness (QED) is 0.381. The van der Waals surface area contributed by atoms with Crippen LogP contribution < -0.4 is 0 Å². The molecule has 5 nitrogen and oxygen atoms in total. The van der Waals surface area contributed by atoms with E-state index in [4.69, 9.17) is 9.47 Å². The van der Waals surface area contributed by atoms with E-state index in [1.165, 1.54) is 19.9 Å². The minimum atomic E-state index is -0.804. The van der Waals surface area contributed by atoms with Crippen LogP contribution >= 0.6 is 0 Å². The number of esters is 2. The summed E-state index contributed by atoms with van der Waals surface area (Å²) in [5.74, 6) is -0.896. The second-order valence-electron chi connectivity index (χ2n) is 2.79. The third kappa shape index (κ3) is 8.96. The van der Waals surface area contributed by atoms with Crippen molar-refractivity contribution >= 4 is 11.9 Å². The predicted molar refractivity (Wildman–Crippen MR) is 52.7 cm³/mol. The second-order valence-corrected chi connectivity index (χ2v) is 2.79. The lowest BCUT2D eigenvalue weighted by molar-refractivity contribution is -0.166. The van der Waals surface area contributed by atoms with Crippen LogP contribution in [0.2, 0.25) is 0 Å². The zero-order chi connectivity index (χ0) is 11.7. The van der Waals surface area contributed by atoms with Gasteiger partial charge in [-0.2, -0.15) is 0 Å². The van der Waals surface area contributed by atoms with Crippen molar-refractivity contribution in [2.75, 3.05) is 6.61 Å². The van der Waals surface area contributed by atoms with E-state index in [-0.39, 0.29) is 0 Å². The predicted octanol–water partition coefficient (Wildman–Crippen LogP) is 1.38. The molecule has 0 heterocycles. The van der Waals surface area contributed by atoms with E-state index in [1.807, 2.05) is 6.92 Å². The highest BCUT2D eigenvalue weighted by Gasteiger charge is 2.07. The summed E-state index contributed by atoms with van der Waals surface area (Å²) in [6.07, 6.45) is 2.50. The number of carbonyl (C=O) groups is 2. The number of rotatable bonds is 6. The van der Waals surface area contributed by atoms with Crippen LogP contribution in [-0.2, 0) is 23.8 Å². The fourth-order valence-electron chi connectivity index (χ4n) is 0.726. The van der Waals surface area contributed by atoms with Crippen molar-refractivity contribution in [3.63, 3.8) is 0 Å². The molecule has 0 rings (SSSR count). The van der Waals surface area contributed by atoms with E-state index in [0.29, 0.717) is 6.61 Å². The second kappa shape index (κ2) is 7.99. The molecule has 0 radical (unpaired) electrons. The molecule has 0 N–H and O–H groups in total. The Morgan fingerprint density at radius 3 is 2.40 bits per heavy atom. The average molecular weight is 216 g/mol. The molecule has 0 saturated carbocycles. The Morgan fingerprint density at radius 2 is 1.93 bits per heavy atom. The van der Waals surface area contributed by atoms with Crippen LogP contribution in [0, 0.1) is 0 Å². The number of hydrogen-bond acceptors (Lipinski definition) is 5. The van der Waals surface area contributed by atoms with E-state index in [1.54, 1.807) is 0 Å². The van der Waals surface area contributed by atoms with Crippen molar-refractivity contribution < 1.29 is 23.8 Å². The van der Waals surface area contributed by atoms with Crippen LogP contribution in [0.25, 0.3) is 0 Å². The van der Waals surface area contributed by atoms with E-state index in [0.717, 1.165) is 12.7 Å². The summed E-state index contributed by atoms with van der Waals surface area (Å²) in [4.78, 5) is 21.1. The largest absolute Gasteiger partial charge is 0.435 e. The topological polar surface area (TPSA) is 61.8 Å². The first-order chi connectivity index (χ1) is 7.06. The van der Waals surface area contributed by atoms with Gasteiger partial charge in [0.25, 0.3) is 0 Å². The van der Waals surface area contributed by atoms with E-state index in [2.05, 4.69) is 4.74 Å². The Bertz CT molecular complexity index is 234. The molecule has 0 aromatic heterocycles. The van der Waals surface area contributed by atoms with Gasteiger partial charge in [-0.15, -0.1) is 0 Å². The monoisotopic (exact) mass is 216 g/mol. The smallest absolute Gasteiger partial charge is 0.307 e. The van der Waals surface area contributed by atoms with Crippen molar-refractivity contribution in [1.29, 1.82) is 0 Å². The molecule has 15 heavy (non-hydrogen) atoms. The van der Waals surface area contributed by atoms with Crippen molar-refractivity contribution in [2.24, 2.45) is 0 Å². The minimum Gasteiger partial charge on any atom is -0.435 e. The van der Waals surface area contributed by atoms with Crippen LogP contribution in [-0.4, -0.2) is 24.8 Å². The molecule has 0 aliphatic rings. The molecule has 86 valence electrons. The normalized spacial score (nSPS) is 12.5. The van der Waals surface area contributed by atoms with Crippen molar-refractivity contribution in [3.8, 4) is 0 Å². The third-order valence-corrected chi connectivity index (χ3v) is 1.24.